The van der Waals surface area contributed by atoms with Crippen molar-refractivity contribution in [1.29, 1.82) is 0 Å². The summed E-state index contributed by atoms with van der Waals surface area (Å²) >= 11 is 0. The summed E-state index contributed by atoms with van der Waals surface area (Å²) < 4.78 is 77.2. The van der Waals surface area contributed by atoms with Crippen LogP contribution < -0.4 is 5.73 Å². The third-order valence-corrected chi connectivity index (χ3v) is 2.65. The van der Waals surface area contributed by atoms with Gasteiger partial charge in [0, 0.05) is 6.20 Å². The smallest absolute Gasteiger partial charge is 0.382 e. The first kappa shape index (κ1) is 15.2. The first-order valence-electron chi connectivity index (χ1n) is 5.63. The Morgan fingerprint density at radius 2 is 1.48 bits per heavy atom. The van der Waals surface area contributed by atoms with E-state index in [1.54, 1.807) is 0 Å². The number of hydrogen-bond donors (Lipinski definition) is 1. The van der Waals surface area contributed by atoms with Crippen LogP contribution in [0.15, 0.2) is 30.5 Å². The first-order chi connectivity index (χ1) is 9.55. The number of rotatable bonds is 2. The van der Waals surface area contributed by atoms with Crippen LogP contribution in [-0.2, 0) is 18.9 Å². The maximum atomic E-state index is 12.7. The number of halogens is 6. The molecule has 0 amide bonds. The Labute approximate surface area is 115 Å². The van der Waals surface area contributed by atoms with Crippen LogP contribution in [-0.4, -0.2) is 9.78 Å². The molecule has 0 aliphatic rings. The number of benzene rings is 1. The second-order valence-corrected chi connectivity index (χ2v) is 4.35. The van der Waals surface area contributed by atoms with Gasteiger partial charge in [0.2, 0.25) is 0 Å². The summed E-state index contributed by atoms with van der Waals surface area (Å²) in [5.41, 5.74) is 2.46. The standard InChI is InChI=1S/C12H9F6N3/c13-11(14,15)8-3-7(4-9(5-8)12(16,17)18)6-21-2-1-10(19)20-21/h1-5H,6H2,(H2,19,20). The Hall–Kier alpha value is -2.19. The largest absolute Gasteiger partial charge is 0.416 e. The molecular formula is C12H9F6N3. The predicted octanol–water partition coefficient (Wildman–Crippen LogP) is 3.55. The predicted molar refractivity (Wildman–Crippen MR) is 62.2 cm³/mol. The highest BCUT2D eigenvalue weighted by molar-refractivity contribution is 5.34. The maximum absolute atomic E-state index is 12.7. The third kappa shape index (κ3) is 3.67. The van der Waals surface area contributed by atoms with Gasteiger partial charge in [0.15, 0.2) is 0 Å². The summed E-state index contributed by atoms with van der Waals surface area (Å²) in [5, 5.41) is 3.72. The molecule has 0 spiro atoms. The van der Waals surface area contributed by atoms with Crippen LogP contribution in [0.25, 0.3) is 0 Å². The lowest BCUT2D eigenvalue weighted by Gasteiger charge is -2.14. The minimum Gasteiger partial charge on any atom is -0.382 e. The summed E-state index contributed by atoms with van der Waals surface area (Å²) in [5.74, 6) is 0.123. The Kier molecular flexibility index (Phi) is 3.60. The molecular weight excluding hydrogens is 300 g/mol. The molecule has 0 aliphatic carbocycles. The van der Waals surface area contributed by atoms with Gasteiger partial charge in [-0.05, 0) is 29.8 Å². The van der Waals surface area contributed by atoms with Crippen molar-refractivity contribution in [2.24, 2.45) is 0 Å². The van der Waals surface area contributed by atoms with Gasteiger partial charge < -0.3 is 5.73 Å². The molecule has 1 heterocycles. The fraction of sp³-hybridized carbons (Fsp3) is 0.250. The molecule has 0 bridgehead atoms. The van der Waals surface area contributed by atoms with E-state index < -0.39 is 23.5 Å². The van der Waals surface area contributed by atoms with Gasteiger partial charge in [-0.3, -0.25) is 4.68 Å². The molecule has 0 unspecified atom stereocenters. The zero-order valence-corrected chi connectivity index (χ0v) is 10.3. The summed E-state index contributed by atoms with van der Waals surface area (Å²) in [7, 11) is 0. The molecule has 0 saturated heterocycles. The van der Waals surface area contributed by atoms with Crippen LogP contribution in [0, 0.1) is 0 Å². The van der Waals surface area contributed by atoms with E-state index >= 15 is 0 Å². The summed E-state index contributed by atoms with van der Waals surface area (Å²) in [4.78, 5) is 0. The second kappa shape index (κ2) is 4.97. The number of nitrogen functional groups attached to an aromatic ring is 1. The van der Waals surface area contributed by atoms with E-state index in [4.69, 9.17) is 5.73 Å². The van der Waals surface area contributed by atoms with Gasteiger partial charge in [-0.25, -0.2) is 0 Å². The lowest BCUT2D eigenvalue weighted by Crippen LogP contribution is -2.13. The molecule has 1 aromatic carbocycles. The highest BCUT2D eigenvalue weighted by Gasteiger charge is 2.36. The van der Waals surface area contributed by atoms with Crippen molar-refractivity contribution in [3.05, 3.63) is 47.2 Å². The Balaban J connectivity index is 2.45. The molecule has 0 aliphatic heterocycles. The van der Waals surface area contributed by atoms with Crippen molar-refractivity contribution < 1.29 is 26.3 Å². The van der Waals surface area contributed by atoms with Crippen LogP contribution in [0.3, 0.4) is 0 Å². The quantitative estimate of drug-likeness (QED) is 0.862. The number of hydrogen-bond acceptors (Lipinski definition) is 2. The van der Waals surface area contributed by atoms with Gasteiger partial charge in [-0.2, -0.15) is 31.4 Å². The van der Waals surface area contributed by atoms with Crippen LogP contribution in [0.5, 0.6) is 0 Å². The molecule has 0 atom stereocenters. The van der Waals surface area contributed by atoms with Gasteiger partial charge in [0.05, 0.1) is 17.7 Å². The number of nitrogens with zero attached hydrogens (tertiary/aromatic N) is 2. The molecule has 0 fully saturated rings. The van der Waals surface area contributed by atoms with Gasteiger partial charge in [-0.15, -0.1) is 0 Å². The topological polar surface area (TPSA) is 43.8 Å². The minimum atomic E-state index is -4.86. The van der Waals surface area contributed by atoms with E-state index in [9.17, 15) is 26.3 Å². The second-order valence-electron chi connectivity index (χ2n) is 4.35. The lowest BCUT2D eigenvalue weighted by atomic mass is 10.0. The van der Waals surface area contributed by atoms with Crippen LogP contribution >= 0.6 is 0 Å². The monoisotopic (exact) mass is 309 g/mol. The number of aromatic nitrogens is 2. The average molecular weight is 309 g/mol. The minimum absolute atomic E-state index is 0.0843. The lowest BCUT2D eigenvalue weighted by molar-refractivity contribution is -0.143. The molecule has 114 valence electrons. The molecule has 2 rings (SSSR count). The molecule has 0 saturated carbocycles. The van der Waals surface area contributed by atoms with Gasteiger partial charge in [0.1, 0.15) is 5.82 Å². The Morgan fingerprint density at radius 1 is 0.952 bits per heavy atom. The van der Waals surface area contributed by atoms with Gasteiger partial charge in [-0.1, -0.05) is 0 Å². The highest BCUT2D eigenvalue weighted by Crippen LogP contribution is 2.36. The SMILES string of the molecule is Nc1ccn(Cc2cc(C(F)(F)F)cc(C(F)(F)F)c2)n1. The summed E-state index contributed by atoms with van der Waals surface area (Å²) in [6, 6.07) is 2.79. The van der Waals surface area contributed by atoms with Crippen molar-refractivity contribution in [3.8, 4) is 0 Å². The van der Waals surface area contributed by atoms with Crippen molar-refractivity contribution in [1.82, 2.24) is 9.78 Å². The fourth-order valence-corrected chi connectivity index (χ4v) is 1.76. The summed E-state index contributed by atoms with van der Waals surface area (Å²) in [6.07, 6.45) is -8.36. The zero-order valence-electron chi connectivity index (χ0n) is 10.3. The Bertz CT molecular complexity index is 609. The average Bonchev–Trinajstić information content (AvgIpc) is 2.72. The normalized spacial score (nSPS) is 12.7. The van der Waals surface area contributed by atoms with E-state index in [2.05, 4.69) is 5.10 Å². The van der Waals surface area contributed by atoms with E-state index in [-0.39, 0.29) is 24.0 Å². The maximum Gasteiger partial charge on any atom is 0.416 e. The molecule has 2 aromatic rings. The van der Waals surface area contributed by atoms with Gasteiger partial charge in [0.25, 0.3) is 0 Å². The molecule has 21 heavy (non-hydrogen) atoms. The van der Waals surface area contributed by atoms with Gasteiger partial charge >= 0.3 is 12.4 Å². The fourth-order valence-electron chi connectivity index (χ4n) is 1.76. The van der Waals surface area contributed by atoms with E-state index in [1.165, 1.54) is 12.3 Å². The molecule has 0 radical (unpaired) electrons. The molecule has 9 heteroatoms. The van der Waals surface area contributed by atoms with Crippen molar-refractivity contribution >= 4 is 5.82 Å². The summed E-state index contributed by atoms with van der Waals surface area (Å²) in [6.45, 7) is -0.246. The molecule has 3 nitrogen and oxygen atoms in total. The highest BCUT2D eigenvalue weighted by atomic mass is 19.4. The Morgan fingerprint density at radius 3 is 1.86 bits per heavy atom. The number of alkyl halides is 6. The van der Waals surface area contributed by atoms with Crippen molar-refractivity contribution in [3.63, 3.8) is 0 Å². The third-order valence-electron chi connectivity index (χ3n) is 2.65. The molecule has 1 aromatic heterocycles. The number of anilines is 1. The van der Waals surface area contributed by atoms with Crippen LogP contribution in [0.2, 0.25) is 0 Å². The number of nitrogens with two attached hydrogens (primary N) is 1. The van der Waals surface area contributed by atoms with Crippen LogP contribution in [0.1, 0.15) is 16.7 Å². The zero-order chi connectivity index (χ0) is 15.8. The van der Waals surface area contributed by atoms with E-state index in [0.29, 0.717) is 12.1 Å². The van der Waals surface area contributed by atoms with Crippen molar-refractivity contribution in [2.45, 2.75) is 18.9 Å². The van der Waals surface area contributed by atoms with Crippen LogP contribution in [0.4, 0.5) is 32.2 Å². The van der Waals surface area contributed by atoms with E-state index in [1.807, 2.05) is 0 Å². The molecule has 2 N–H and O–H groups in total. The first-order valence-corrected chi connectivity index (χ1v) is 5.63. The van der Waals surface area contributed by atoms with E-state index in [0.717, 1.165) is 4.68 Å². The van der Waals surface area contributed by atoms with Crippen molar-refractivity contribution in [2.75, 3.05) is 5.73 Å².